The van der Waals surface area contributed by atoms with E-state index in [1.54, 1.807) is 6.07 Å². The standard InChI is InChI=1S/C15H13FN2O4S/c16-10-5-12(19)8-13(6-10)23(21,22)18-11-2-1-9-3-4-17-15(20)14(9)7-11/h1-2,5-8,18-19H,3-4H2,(H,17,20). The summed E-state index contributed by atoms with van der Waals surface area (Å²) in [5.41, 5.74) is 1.42. The Morgan fingerprint density at radius 2 is 1.96 bits per heavy atom. The first kappa shape index (κ1) is 15.3. The third-order valence-corrected chi connectivity index (χ3v) is 4.81. The smallest absolute Gasteiger partial charge is 0.262 e. The zero-order chi connectivity index (χ0) is 16.6. The first-order valence-corrected chi connectivity index (χ1v) is 8.27. The van der Waals surface area contributed by atoms with Crippen molar-refractivity contribution in [3.8, 4) is 5.75 Å². The number of carbonyl (C=O) groups is 1. The van der Waals surface area contributed by atoms with Gasteiger partial charge in [-0.2, -0.15) is 0 Å². The zero-order valence-electron chi connectivity index (χ0n) is 11.8. The van der Waals surface area contributed by atoms with E-state index in [1.165, 1.54) is 12.1 Å². The summed E-state index contributed by atoms with van der Waals surface area (Å²) >= 11 is 0. The maximum Gasteiger partial charge on any atom is 0.262 e. The Kier molecular flexibility index (Phi) is 3.69. The molecular formula is C15H13FN2O4S. The van der Waals surface area contributed by atoms with E-state index in [4.69, 9.17) is 0 Å². The summed E-state index contributed by atoms with van der Waals surface area (Å²) in [5, 5.41) is 12.0. The number of fused-ring (bicyclic) bond motifs is 1. The van der Waals surface area contributed by atoms with Gasteiger partial charge in [-0.25, -0.2) is 12.8 Å². The van der Waals surface area contributed by atoms with Crippen LogP contribution in [0.25, 0.3) is 0 Å². The molecule has 0 saturated heterocycles. The van der Waals surface area contributed by atoms with Crippen molar-refractivity contribution >= 4 is 21.6 Å². The molecule has 2 aromatic rings. The maximum absolute atomic E-state index is 13.3. The number of amides is 1. The van der Waals surface area contributed by atoms with Gasteiger partial charge in [-0.3, -0.25) is 9.52 Å². The molecular weight excluding hydrogens is 323 g/mol. The van der Waals surface area contributed by atoms with E-state index in [0.29, 0.717) is 18.5 Å². The fraction of sp³-hybridized carbons (Fsp3) is 0.133. The number of carbonyl (C=O) groups excluding carboxylic acids is 1. The SMILES string of the molecule is O=C1NCCc2ccc(NS(=O)(=O)c3cc(O)cc(F)c3)cc21. The monoisotopic (exact) mass is 336 g/mol. The van der Waals surface area contributed by atoms with Crippen molar-refractivity contribution in [2.24, 2.45) is 0 Å². The van der Waals surface area contributed by atoms with Crippen LogP contribution < -0.4 is 10.0 Å². The van der Waals surface area contributed by atoms with Gasteiger partial charge in [0, 0.05) is 29.9 Å². The highest BCUT2D eigenvalue weighted by Gasteiger charge is 2.20. The van der Waals surface area contributed by atoms with Crippen molar-refractivity contribution in [3.63, 3.8) is 0 Å². The van der Waals surface area contributed by atoms with E-state index in [-0.39, 0.29) is 11.6 Å². The molecule has 0 atom stereocenters. The number of phenols is 1. The molecule has 23 heavy (non-hydrogen) atoms. The fourth-order valence-corrected chi connectivity index (χ4v) is 3.49. The van der Waals surface area contributed by atoms with E-state index >= 15 is 0 Å². The number of hydrogen-bond acceptors (Lipinski definition) is 4. The number of anilines is 1. The Morgan fingerprint density at radius 1 is 1.17 bits per heavy atom. The molecule has 1 amide bonds. The Bertz CT molecular complexity index is 876. The van der Waals surface area contributed by atoms with Crippen LogP contribution in [0, 0.1) is 5.82 Å². The molecule has 6 nitrogen and oxygen atoms in total. The second-order valence-corrected chi connectivity index (χ2v) is 6.81. The summed E-state index contributed by atoms with van der Waals surface area (Å²) in [6.07, 6.45) is 0.672. The van der Waals surface area contributed by atoms with Crippen molar-refractivity contribution in [1.29, 1.82) is 0 Å². The van der Waals surface area contributed by atoms with Crippen LogP contribution in [0.15, 0.2) is 41.3 Å². The molecule has 0 saturated carbocycles. The predicted molar refractivity (Wildman–Crippen MR) is 81.4 cm³/mol. The normalized spacial score (nSPS) is 14.0. The first-order chi connectivity index (χ1) is 10.8. The van der Waals surface area contributed by atoms with Crippen LogP contribution in [-0.2, 0) is 16.4 Å². The zero-order valence-corrected chi connectivity index (χ0v) is 12.7. The lowest BCUT2D eigenvalue weighted by Crippen LogP contribution is -2.31. The minimum atomic E-state index is -4.08. The number of phenolic OH excluding ortho intramolecular Hbond substituents is 1. The highest BCUT2D eigenvalue weighted by molar-refractivity contribution is 7.92. The molecule has 0 spiro atoms. The average Bonchev–Trinajstić information content (AvgIpc) is 2.47. The third-order valence-electron chi connectivity index (χ3n) is 3.45. The fourth-order valence-electron chi connectivity index (χ4n) is 2.39. The number of halogens is 1. The van der Waals surface area contributed by atoms with Gasteiger partial charge in [0.1, 0.15) is 11.6 Å². The summed E-state index contributed by atoms with van der Waals surface area (Å²) < 4.78 is 40.1. The maximum atomic E-state index is 13.3. The summed E-state index contributed by atoms with van der Waals surface area (Å²) in [6, 6.07) is 7.19. The molecule has 120 valence electrons. The van der Waals surface area contributed by atoms with E-state index in [9.17, 15) is 22.7 Å². The molecule has 1 heterocycles. The molecule has 0 bridgehead atoms. The van der Waals surface area contributed by atoms with Crippen molar-refractivity contribution in [2.45, 2.75) is 11.3 Å². The molecule has 2 aromatic carbocycles. The average molecular weight is 336 g/mol. The number of nitrogens with one attached hydrogen (secondary N) is 2. The molecule has 8 heteroatoms. The van der Waals surface area contributed by atoms with Gasteiger partial charge < -0.3 is 10.4 Å². The van der Waals surface area contributed by atoms with Gasteiger partial charge in [-0.15, -0.1) is 0 Å². The number of rotatable bonds is 3. The minimum absolute atomic E-state index is 0.185. The van der Waals surface area contributed by atoms with Crippen molar-refractivity contribution in [2.75, 3.05) is 11.3 Å². The molecule has 1 aliphatic heterocycles. The number of aromatic hydroxyl groups is 1. The summed E-state index contributed by atoms with van der Waals surface area (Å²) in [7, 11) is -4.08. The molecule has 0 fully saturated rings. The molecule has 0 unspecified atom stereocenters. The van der Waals surface area contributed by atoms with Crippen molar-refractivity contribution in [3.05, 3.63) is 53.3 Å². The molecule has 1 aliphatic rings. The lowest BCUT2D eigenvalue weighted by atomic mass is 10.00. The van der Waals surface area contributed by atoms with Crippen LogP contribution >= 0.6 is 0 Å². The van der Waals surface area contributed by atoms with Crippen LogP contribution in [-0.4, -0.2) is 26.0 Å². The lowest BCUT2D eigenvalue weighted by Gasteiger charge is -2.17. The van der Waals surface area contributed by atoms with Gasteiger partial charge in [-0.05, 0) is 30.2 Å². The highest BCUT2D eigenvalue weighted by Crippen LogP contribution is 2.24. The van der Waals surface area contributed by atoms with Crippen molar-refractivity contribution in [1.82, 2.24) is 5.32 Å². The summed E-state index contributed by atoms with van der Waals surface area (Å²) in [5.74, 6) is -1.62. The van der Waals surface area contributed by atoms with E-state index in [1.807, 2.05) is 0 Å². The topological polar surface area (TPSA) is 95.5 Å². The van der Waals surface area contributed by atoms with Gasteiger partial charge >= 0.3 is 0 Å². The Morgan fingerprint density at radius 3 is 2.70 bits per heavy atom. The van der Waals surface area contributed by atoms with Crippen LogP contribution in [0.1, 0.15) is 15.9 Å². The first-order valence-electron chi connectivity index (χ1n) is 6.79. The molecule has 3 N–H and O–H groups in total. The van der Waals surface area contributed by atoms with E-state index < -0.39 is 26.5 Å². The second-order valence-electron chi connectivity index (χ2n) is 5.13. The predicted octanol–water partition coefficient (Wildman–Crippen LogP) is 1.62. The van der Waals surface area contributed by atoms with E-state index in [0.717, 1.165) is 23.8 Å². The molecule has 0 aliphatic carbocycles. The number of benzene rings is 2. The Balaban J connectivity index is 1.95. The Hall–Kier alpha value is -2.61. The second kappa shape index (κ2) is 5.54. The number of sulfonamides is 1. The molecule has 3 rings (SSSR count). The van der Waals surface area contributed by atoms with Crippen molar-refractivity contribution < 1.29 is 22.7 Å². The van der Waals surface area contributed by atoms with Crippen LogP contribution in [0.4, 0.5) is 10.1 Å². The summed E-state index contributed by atoms with van der Waals surface area (Å²) in [4.78, 5) is 11.4. The van der Waals surface area contributed by atoms with Gasteiger partial charge in [0.15, 0.2) is 0 Å². The van der Waals surface area contributed by atoms with Gasteiger partial charge in [-0.1, -0.05) is 6.07 Å². The van der Waals surface area contributed by atoms with Gasteiger partial charge in [0.25, 0.3) is 15.9 Å². The quantitative estimate of drug-likeness (QED) is 0.794. The summed E-state index contributed by atoms with van der Waals surface area (Å²) in [6.45, 7) is 0.541. The van der Waals surface area contributed by atoms with Gasteiger partial charge in [0.05, 0.1) is 4.90 Å². The van der Waals surface area contributed by atoms with Crippen LogP contribution in [0.5, 0.6) is 5.75 Å². The minimum Gasteiger partial charge on any atom is -0.508 e. The highest BCUT2D eigenvalue weighted by atomic mass is 32.2. The van der Waals surface area contributed by atoms with Crippen LogP contribution in [0.2, 0.25) is 0 Å². The lowest BCUT2D eigenvalue weighted by molar-refractivity contribution is 0.0946. The molecule has 0 radical (unpaired) electrons. The van der Waals surface area contributed by atoms with Crippen LogP contribution in [0.3, 0.4) is 0 Å². The van der Waals surface area contributed by atoms with E-state index in [2.05, 4.69) is 10.0 Å². The Labute approximate surface area is 132 Å². The molecule has 0 aromatic heterocycles. The third kappa shape index (κ3) is 3.11. The number of hydrogen-bond donors (Lipinski definition) is 3. The van der Waals surface area contributed by atoms with Gasteiger partial charge in [0.2, 0.25) is 0 Å². The largest absolute Gasteiger partial charge is 0.508 e.